The number of aliphatic hydroxyl groups is 1. The molecule has 0 spiro atoms. The maximum absolute atomic E-state index is 13.8. The lowest BCUT2D eigenvalue weighted by molar-refractivity contribution is 0.202. The Morgan fingerprint density at radius 3 is 2.89 bits per heavy atom. The second kappa shape index (κ2) is 5.27. The summed E-state index contributed by atoms with van der Waals surface area (Å²) in [6, 6.07) is 4.78. The first-order chi connectivity index (χ1) is 8.63. The monoisotopic (exact) mass is 249 g/mol. The van der Waals surface area contributed by atoms with Crippen LogP contribution < -0.4 is 0 Å². The fourth-order valence-corrected chi connectivity index (χ4v) is 1.88. The van der Waals surface area contributed by atoms with Gasteiger partial charge in [0.1, 0.15) is 11.9 Å². The molecule has 0 aliphatic rings. The van der Waals surface area contributed by atoms with E-state index in [9.17, 15) is 9.50 Å². The van der Waals surface area contributed by atoms with Crippen LogP contribution in [-0.2, 0) is 6.54 Å². The average Bonchev–Trinajstić information content (AvgIpc) is 2.77. The zero-order valence-electron chi connectivity index (χ0n) is 10.5. The smallest absolute Gasteiger partial charge is 0.129 e. The highest BCUT2D eigenvalue weighted by atomic mass is 19.1. The highest BCUT2D eigenvalue weighted by molar-refractivity contribution is 5.29. The molecule has 5 heteroatoms. The molecule has 2 rings (SSSR count). The van der Waals surface area contributed by atoms with Crippen LogP contribution in [-0.4, -0.2) is 20.1 Å². The van der Waals surface area contributed by atoms with Gasteiger partial charge in [-0.2, -0.15) is 0 Å². The van der Waals surface area contributed by atoms with Gasteiger partial charge in [-0.05, 0) is 25.0 Å². The number of aliphatic hydroxyl groups excluding tert-OH is 1. The zero-order valence-corrected chi connectivity index (χ0v) is 10.5. The van der Waals surface area contributed by atoms with Crippen molar-refractivity contribution in [2.24, 2.45) is 0 Å². The van der Waals surface area contributed by atoms with Crippen molar-refractivity contribution in [2.75, 3.05) is 0 Å². The van der Waals surface area contributed by atoms with E-state index >= 15 is 0 Å². The Morgan fingerprint density at radius 1 is 1.44 bits per heavy atom. The Balaban J connectivity index is 2.35. The number of rotatable bonds is 4. The van der Waals surface area contributed by atoms with E-state index in [4.69, 9.17) is 0 Å². The molecule has 0 amide bonds. The summed E-state index contributed by atoms with van der Waals surface area (Å²) < 4.78 is 15.4. The number of hydrogen-bond donors (Lipinski definition) is 1. The van der Waals surface area contributed by atoms with Crippen molar-refractivity contribution in [3.8, 4) is 0 Å². The highest BCUT2D eigenvalue weighted by Gasteiger charge is 2.19. The number of benzene rings is 1. The Labute approximate surface area is 105 Å². The van der Waals surface area contributed by atoms with Crippen molar-refractivity contribution in [1.29, 1.82) is 0 Å². The van der Waals surface area contributed by atoms with E-state index in [1.54, 1.807) is 16.8 Å². The fraction of sp³-hybridized carbons (Fsp3) is 0.385. The van der Waals surface area contributed by atoms with Crippen molar-refractivity contribution >= 4 is 0 Å². The van der Waals surface area contributed by atoms with Gasteiger partial charge < -0.3 is 5.11 Å². The van der Waals surface area contributed by atoms with Crippen molar-refractivity contribution in [3.05, 3.63) is 47.0 Å². The summed E-state index contributed by atoms with van der Waals surface area (Å²) in [5.74, 6) is -0.410. The molecule has 1 heterocycles. The van der Waals surface area contributed by atoms with Gasteiger partial charge in [0, 0.05) is 12.1 Å². The molecular weight excluding hydrogens is 233 g/mol. The standard InChI is InChI=1S/C13H16FN3O/c1-3-6-17-12(8-15-16-17)13(18)10-5-4-9(2)7-11(10)14/h4-5,7-8,13,18H,3,6H2,1-2H3. The summed E-state index contributed by atoms with van der Waals surface area (Å²) >= 11 is 0. The van der Waals surface area contributed by atoms with E-state index in [0.29, 0.717) is 12.2 Å². The summed E-state index contributed by atoms with van der Waals surface area (Å²) in [7, 11) is 0. The van der Waals surface area contributed by atoms with Crippen LogP contribution in [0.3, 0.4) is 0 Å². The van der Waals surface area contributed by atoms with Gasteiger partial charge in [-0.15, -0.1) is 5.10 Å². The third-order valence-electron chi connectivity index (χ3n) is 2.81. The summed E-state index contributed by atoms with van der Waals surface area (Å²) in [6.07, 6.45) is 1.31. The molecular formula is C13H16FN3O. The summed E-state index contributed by atoms with van der Waals surface area (Å²) in [6.45, 7) is 4.46. The van der Waals surface area contributed by atoms with Crippen LogP contribution in [0.1, 0.15) is 36.3 Å². The van der Waals surface area contributed by atoms with Gasteiger partial charge in [-0.3, -0.25) is 0 Å². The van der Waals surface area contributed by atoms with Gasteiger partial charge in [0.2, 0.25) is 0 Å². The minimum atomic E-state index is -1.04. The molecule has 1 aromatic carbocycles. The Hall–Kier alpha value is -1.75. The maximum atomic E-state index is 13.8. The predicted molar refractivity (Wildman–Crippen MR) is 65.5 cm³/mol. The Bertz CT molecular complexity index is 539. The van der Waals surface area contributed by atoms with E-state index in [2.05, 4.69) is 10.3 Å². The van der Waals surface area contributed by atoms with E-state index in [1.807, 2.05) is 13.8 Å². The van der Waals surface area contributed by atoms with Crippen LogP contribution in [0.2, 0.25) is 0 Å². The van der Waals surface area contributed by atoms with Gasteiger partial charge in [0.15, 0.2) is 0 Å². The molecule has 1 aromatic heterocycles. The lowest BCUT2D eigenvalue weighted by Gasteiger charge is -2.13. The molecule has 1 unspecified atom stereocenters. The zero-order chi connectivity index (χ0) is 13.1. The molecule has 0 aliphatic carbocycles. The van der Waals surface area contributed by atoms with Gasteiger partial charge in [0.25, 0.3) is 0 Å². The first-order valence-corrected chi connectivity index (χ1v) is 5.96. The molecule has 0 saturated heterocycles. The summed E-state index contributed by atoms with van der Waals surface area (Å²) in [4.78, 5) is 0. The molecule has 18 heavy (non-hydrogen) atoms. The third-order valence-corrected chi connectivity index (χ3v) is 2.81. The molecule has 96 valence electrons. The van der Waals surface area contributed by atoms with Gasteiger partial charge >= 0.3 is 0 Å². The van der Waals surface area contributed by atoms with Crippen molar-refractivity contribution in [2.45, 2.75) is 32.9 Å². The second-order valence-electron chi connectivity index (χ2n) is 4.31. The van der Waals surface area contributed by atoms with Gasteiger partial charge in [-0.25, -0.2) is 9.07 Å². The van der Waals surface area contributed by atoms with Crippen molar-refractivity contribution < 1.29 is 9.50 Å². The summed E-state index contributed by atoms with van der Waals surface area (Å²) in [5, 5.41) is 17.9. The van der Waals surface area contributed by atoms with E-state index in [0.717, 1.165) is 12.0 Å². The topological polar surface area (TPSA) is 50.9 Å². The largest absolute Gasteiger partial charge is 0.382 e. The van der Waals surface area contributed by atoms with Crippen LogP contribution in [0.25, 0.3) is 0 Å². The molecule has 2 aromatic rings. The van der Waals surface area contributed by atoms with Crippen LogP contribution in [0, 0.1) is 12.7 Å². The quantitative estimate of drug-likeness (QED) is 0.903. The first kappa shape index (κ1) is 12.7. The molecule has 0 aliphatic heterocycles. The van der Waals surface area contributed by atoms with Crippen molar-refractivity contribution in [3.63, 3.8) is 0 Å². The third kappa shape index (κ3) is 2.41. The summed E-state index contributed by atoms with van der Waals surface area (Å²) in [5.41, 5.74) is 1.59. The molecule has 0 fully saturated rings. The predicted octanol–water partition coefficient (Wildman–Crippen LogP) is 2.22. The van der Waals surface area contributed by atoms with Crippen LogP contribution >= 0.6 is 0 Å². The molecule has 4 nitrogen and oxygen atoms in total. The van der Waals surface area contributed by atoms with Crippen molar-refractivity contribution in [1.82, 2.24) is 15.0 Å². The Kier molecular flexibility index (Phi) is 3.72. The molecule has 1 N–H and O–H groups in total. The minimum absolute atomic E-state index is 0.250. The highest BCUT2D eigenvalue weighted by Crippen LogP contribution is 2.24. The van der Waals surface area contributed by atoms with E-state index in [-0.39, 0.29) is 5.56 Å². The van der Waals surface area contributed by atoms with E-state index < -0.39 is 11.9 Å². The number of halogens is 1. The van der Waals surface area contributed by atoms with Crippen LogP contribution in [0.4, 0.5) is 4.39 Å². The molecule has 0 bridgehead atoms. The lowest BCUT2D eigenvalue weighted by Crippen LogP contribution is -2.11. The van der Waals surface area contributed by atoms with Gasteiger partial charge in [0.05, 0.1) is 11.9 Å². The maximum Gasteiger partial charge on any atom is 0.129 e. The normalized spacial score (nSPS) is 12.7. The molecule has 0 radical (unpaired) electrons. The van der Waals surface area contributed by atoms with Crippen LogP contribution in [0.5, 0.6) is 0 Å². The molecule has 1 atom stereocenters. The first-order valence-electron chi connectivity index (χ1n) is 5.96. The molecule has 0 saturated carbocycles. The number of aromatic nitrogens is 3. The minimum Gasteiger partial charge on any atom is -0.382 e. The fourth-order valence-electron chi connectivity index (χ4n) is 1.88. The SMILES string of the molecule is CCCn1nncc1C(O)c1ccc(C)cc1F. The Morgan fingerprint density at radius 2 is 2.22 bits per heavy atom. The van der Waals surface area contributed by atoms with E-state index in [1.165, 1.54) is 12.3 Å². The average molecular weight is 249 g/mol. The van der Waals surface area contributed by atoms with Crippen LogP contribution in [0.15, 0.2) is 24.4 Å². The number of hydrogen-bond acceptors (Lipinski definition) is 3. The van der Waals surface area contributed by atoms with Gasteiger partial charge in [-0.1, -0.05) is 24.3 Å². The second-order valence-corrected chi connectivity index (χ2v) is 4.31. The number of aryl methyl sites for hydroxylation is 2. The number of nitrogens with zero attached hydrogens (tertiary/aromatic N) is 3. The lowest BCUT2D eigenvalue weighted by atomic mass is 10.0.